The second-order valence-electron chi connectivity index (χ2n) is 3.11. The first-order valence-electron chi connectivity index (χ1n) is 4.42. The van der Waals surface area contributed by atoms with E-state index in [1.807, 2.05) is 0 Å². The van der Waals surface area contributed by atoms with E-state index in [4.69, 9.17) is 0 Å². The van der Waals surface area contributed by atoms with Gasteiger partial charge in [0, 0.05) is 5.92 Å². The Kier molecular flexibility index (Phi) is 4.03. The molecule has 0 radical (unpaired) electrons. The minimum absolute atomic E-state index is 0.331. The largest absolute Gasteiger partial charge is 0.317 e. The summed E-state index contributed by atoms with van der Waals surface area (Å²) in [7, 11) is 0. The molecule has 0 atom stereocenters. The van der Waals surface area contributed by atoms with Crippen molar-refractivity contribution in [3.8, 4) is 0 Å². The first kappa shape index (κ1) is 11.4. The van der Waals surface area contributed by atoms with Gasteiger partial charge in [-0.2, -0.15) is 0 Å². The van der Waals surface area contributed by atoms with Gasteiger partial charge in [-0.15, -0.1) is 20.2 Å². The molecule has 1 aliphatic heterocycles. The van der Waals surface area contributed by atoms with Crippen LogP contribution in [0.4, 0.5) is 0 Å². The fourth-order valence-corrected chi connectivity index (χ4v) is 1.48. The molecule has 0 aromatic rings. The first-order valence-corrected chi connectivity index (χ1v) is 4.42. The number of nitrogens with one attached hydrogen (secondary N) is 1. The van der Waals surface area contributed by atoms with Crippen molar-refractivity contribution in [1.82, 2.24) is 5.32 Å². The summed E-state index contributed by atoms with van der Waals surface area (Å²) >= 11 is 0. The Morgan fingerprint density at radius 3 is 2.00 bits per heavy atom. The average molecular weight is 221 g/mol. The summed E-state index contributed by atoms with van der Waals surface area (Å²) in [5.74, 6) is -0.331. The van der Waals surface area contributed by atoms with E-state index in [9.17, 15) is 20.2 Å². The van der Waals surface area contributed by atoms with Gasteiger partial charge in [0.05, 0.1) is 0 Å². The molecule has 9 heteroatoms. The fraction of sp³-hybridized carbons (Fsp3) is 1.00. The van der Waals surface area contributed by atoms with Crippen LogP contribution in [-0.2, 0) is 9.68 Å². The van der Waals surface area contributed by atoms with Crippen molar-refractivity contribution in [3.05, 3.63) is 20.2 Å². The molecule has 0 aromatic heterocycles. The summed E-state index contributed by atoms with van der Waals surface area (Å²) in [5, 5.41) is 21.1. The van der Waals surface area contributed by atoms with Crippen molar-refractivity contribution in [3.63, 3.8) is 0 Å². The highest BCUT2D eigenvalue weighted by molar-refractivity contribution is 4.70. The van der Waals surface area contributed by atoms with E-state index in [0.717, 1.165) is 0 Å². The van der Waals surface area contributed by atoms with Crippen molar-refractivity contribution in [1.29, 1.82) is 0 Å². The third-order valence-electron chi connectivity index (χ3n) is 2.15. The van der Waals surface area contributed by atoms with Gasteiger partial charge in [-0.05, 0) is 25.9 Å². The van der Waals surface area contributed by atoms with Crippen LogP contribution in [0.2, 0.25) is 0 Å². The Bertz CT molecular complexity index is 225. The monoisotopic (exact) mass is 221 g/mol. The van der Waals surface area contributed by atoms with E-state index in [0.29, 0.717) is 25.9 Å². The van der Waals surface area contributed by atoms with Crippen LogP contribution in [0.15, 0.2) is 0 Å². The zero-order valence-electron chi connectivity index (χ0n) is 7.83. The molecule has 15 heavy (non-hydrogen) atoms. The lowest BCUT2D eigenvalue weighted by atomic mass is 9.98. The lowest BCUT2D eigenvalue weighted by Gasteiger charge is -2.27. The molecule has 0 spiro atoms. The molecule has 1 rings (SSSR count). The minimum atomic E-state index is -1.42. The number of piperidine rings is 1. The smallest absolute Gasteiger partial charge is 0.296 e. The number of nitrogens with zero attached hydrogens (tertiary/aromatic N) is 2. The summed E-state index contributed by atoms with van der Waals surface area (Å²) in [6.45, 7) is 1.28. The Balaban J connectivity index is 2.52. The van der Waals surface area contributed by atoms with E-state index < -0.39 is 16.5 Å². The van der Waals surface area contributed by atoms with Crippen LogP contribution in [0.25, 0.3) is 0 Å². The molecule has 0 bridgehead atoms. The van der Waals surface area contributed by atoms with Gasteiger partial charge in [0.1, 0.15) is 0 Å². The lowest BCUT2D eigenvalue weighted by Crippen LogP contribution is -2.38. The summed E-state index contributed by atoms with van der Waals surface area (Å²) in [6, 6.07) is 0. The van der Waals surface area contributed by atoms with Gasteiger partial charge in [0.15, 0.2) is 0 Å². The van der Waals surface area contributed by atoms with Crippen LogP contribution in [0, 0.1) is 26.1 Å². The summed E-state index contributed by atoms with van der Waals surface area (Å²) < 4.78 is 0. The predicted octanol–water partition coefficient (Wildman–Crippen LogP) is -0.271. The molecule has 1 saturated heterocycles. The highest BCUT2D eigenvalue weighted by atomic mass is 17.0. The van der Waals surface area contributed by atoms with Crippen LogP contribution in [0.5, 0.6) is 0 Å². The van der Waals surface area contributed by atoms with Gasteiger partial charge in [0.2, 0.25) is 0 Å². The summed E-state index contributed by atoms with van der Waals surface area (Å²) in [6.07, 6.45) is -0.323. The molecule has 0 unspecified atom stereocenters. The molecule has 1 fully saturated rings. The van der Waals surface area contributed by atoms with E-state index in [1.165, 1.54) is 0 Å². The van der Waals surface area contributed by atoms with E-state index >= 15 is 0 Å². The molecule has 1 N–H and O–H groups in total. The Hall–Kier alpha value is -1.64. The molecule has 1 heterocycles. The quantitative estimate of drug-likeness (QED) is 0.385. The third-order valence-corrected chi connectivity index (χ3v) is 2.15. The van der Waals surface area contributed by atoms with Gasteiger partial charge in [-0.25, -0.2) is 0 Å². The van der Waals surface area contributed by atoms with E-state index in [1.54, 1.807) is 0 Å². The van der Waals surface area contributed by atoms with Gasteiger partial charge in [0.25, 0.3) is 16.5 Å². The van der Waals surface area contributed by atoms with Gasteiger partial charge >= 0.3 is 0 Å². The SMILES string of the molecule is O=[N+]([O-])OC(O[N+](=O)[O-])C1CCNCC1. The van der Waals surface area contributed by atoms with Crippen LogP contribution in [0.3, 0.4) is 0 Å². The van der Waals surface area contributed by atoms with Crippen molar-refractivity contribution in [2.75, 3.05) is 13.1 Å². The Morgan fingerprint density at radius 2 is 1.60 bits per heavy atom. The van der Waals surface area contributed by atoms with Gasteiger partial charge < -0.3 is 5.32 Å². The zero-order valence-corrected chi connectivity index (χ0v) is 7.83. The van der Waals surface area contributed by atoms with Crippen molar-refractivity contribution in [2.24, 2.45) is 5.92 Å². The zero-order chi connectivity index (χ0) is 11.3. The molecule has 1 aliphatic rings. The maximum Gasteiger partial charge on any atom is 0.296 e. The Morgan fingerprint density at radius 1 is 1.13 bits per heavy atom. The minimum Gasteiger partial charge on any atom is -0.317 e. The molecular weight excluding hydrogens is 210 g/mol. The van der Waals surface area contributed by atoms with Crippen LogP contribution in [0.1, 0.15) is 12.8 Å². The van der Waals surface area contributed by atoms with Gasteiger partial charge in [-0.1, -0.05) is 0 Å². The maximum atomic E-state index is 10.1. The van der Waals surface area contributed by atoms with Crippen molar-refractivity contribution < 1.29 is 19.8 Å². The fourth-order valence-electron chi connectivity index (χ4n) is 1.48. The first-order chi connectivity index (χ1) is 7.09. The number of hydrogen-bond acceptors (Lipinski definition) is 7. The standard InChI is InChI=1S/C6H11N3O6/c10-8(11)14-6(15-9(12)13)5-1-3-7-4-2-5/h5-7H,1-4H2. The second-order valence-corrected chi connectivity index (χ2v) is 3.11. The summed E-state index contributed by atoms with van der Waals surface area (Å²) in [5.41, 5.74) is 0. The lowest BCUT2D eigenvalue weighted by molar-refractivity contribution is -0.854. The molecule has 0 amide bonds. The van der Waals surface area contributed by atoms with Crippen molar-refractivity contribution >= 4 is 0 Å². The second kappa shape index (κ2) is 5.29. The molecule has 86 valence electrons. The van der Waals surface area contributed by atoms with E-state index in [-0.39, 0.29) is 5.92 Å². The molecule has 0 aromatic carbocycles. The number of rotatable bonds is 5. The third kappa shape index (κ3) is 3.94. The van der Waals surface area contributed by atoms with Gasteiger partial charge in [-0.3, -0.25) is 9.68 Å². The highest BCUT2D eigenvalue weighted by Gasteiger charge is 2.29. The maximum absolute atomic E-state index is 10.1. The highest BCUT2D eigenvalue weighted by Crippen LogP contribution is 2.20. The molecular formula is C6H11N3O6. The normalized spacial score (nSPS) is 17.4. The predicted molar refractivity (Wildman–Crippen MR) is 45.5 cm³/mol. The summed E-state index contributed by atoms with van der Waals surface area (Å²) in [4.78, 5) is 28.5. The van der Waals surface area contributed by atoms with Crippen LogP contribution >= 0.6 is 0 Å². The Labute approximate surface area is 84.5 Å². The van der Waals surface area contributed by atoms with Crippen LogP contribution < -0.4 is 5.32 Å². The molecule has 9 nitrogen and oxygen atoms in total. The van der Waals surface area contributed by atoms with E-state index in [2.05, 4.69) is 15.0 Å². The average Bonchev–Trinajstić information content (AvgIpc) is 2.17. The topological polar surface area (TPSA) is 117 Å². The van der Waals surface area contributed by atoms with Crippen molar-refractivity contribution in [2.45, 2.75) is 19.1 Å². The number of hydrogen-bond donors (Lipinski definition) is 1. The molecule has 0 aliphatic carbocycles. The van der Waals surface area contributed by atoms with Crippen LogP contribution in [-0.4, -0.2) is 29.6 Å². The molecule has 0 saturated carbocycles.